The zero-order valence-electron chi connectivity index (χ0n) is 14.6. The Kier molecular flexibility index (Phi) is 5.65. The second-order valence-electron chi connectivity index (χ2n) is 5.72. The minimum atomic E-state index is -4.97. The third-order valence-corrected chi connectivity index (χ3v) is 4.11. The van der Waals surface area contributed by atoms with Crippen LogP contribution in [0.3, 0.4) is 0 Å². The highest BCUT2D eigenvalue weighted by Crippen LogP contribution is 2.39. The van der Waals surface area contributed by atoms with Crippen LogP contribution in [-0.2, 0) is 10.9 Å². The largest absolute Gasteiger partial charge is 0.514 e. The quantitative estimate of drug-likeness (QED) is 0.299. The molecule has 3 aromatic rings. The van der Waals surface area contributed by atoms with E-state index in [1.807, 2.05) is 0 Å². The summed E-state index contributed by atoms with van der Waals surface area (Å²) in [5.41, 5.74) is -2.14. The van der Waals surface area contributed by atoms with Crippen LogP contribution >= 0.6 is 11.6 Å². The maximum atomic E-state index is 13.6. The van der Waals surface area contributed by atoms with Gasteiger partial charge < -0.3 is 13.9 Å². The van der Waals surface area contributed by atoms with E-state index in [9.17, 15) is 22.8 Å². The zero-order chi connectivity index (χ0) is 21.2. The van der Waals surface area contributed by atoms with Crippen LogP contribution in [0.15, 0.2) is 64.3 Å². The summed E-state index contributed by atoms with van der Waals surface area (Å²) in [7, 11) is 0. The molecule has 5 nitrogen and oxygen atoms in total. The molecule has 3 rings (SSSR count). The molecule has 9 heteroatoms. The van der Waals surface area contributed by atoms with E-state index in [0.717, 1.165) is 6.07 Å². The molecule has 0 saturated carbocycles. The third-order valence-electron chi connectivity index (χ3n) is 3.78. The Morgan fingerprint density at radius 2 is 1.93 bits per heavy atom. The molecule has 0 bridgehead atoms. The summed E-state index contributed by atoms with van der Waals surface area (Å²) in [4.78, 5) is 24.4. The van der Waals surface area contributed by atoms with Gasteiger partial charge in [-0.05, 0) is 18.2 Å². The Hall–Kier alpha value is -3.26. The molecule has 0 fully saturated rings. The second kappa shape index (κ2) is 8.00. The van der Waals surface area contributed by atoms with Crippen molar-refractivity contribution >= 4 is 28.7 Å². The van der Waals surface area contributed by atoms with Gasteiger partial charge in [0.25, 0.3) is 0 Å². The van der Waals surface area contributed by atoms with E-state index in [-0.39, 0.29) is 28.3 Å². The van der Waals surface area contributed by atoms with Crippen molar-refractivity contribution in [1.29, 1.82) is 0 Å². The van der Waals surface area contributed by atoms with Crippen LogP contribution in [0.5, 0.6) is 5.75 Å². The summed E-state index contributed by atoms with van der Waals surface area (Å²) in [6, 6.07) is 9.07. The van der Waals surface area contributed by atoms with Crippen molar-refractivity contribution in [3.8, 4) is 16.9 Å². The fourth-order valence-corrected chi connectivity index (χ4v) is 2.83. The predicted octanol–water partition coefficient (Wildman–Crippen LogP) is 5.83. The molecular weight excluding hydrogens is 413 g/mol. The Labute approximate surface area is 166 Å². The number of hydrogen-bond donors (Lipinski definition) is 0. The van der Waals surface area contributed by atoms with E-state index in [4.69, 9.17) is 20.8 Å². The van der Waals surface area contributed by atoms with Crippen molar-refractivity contribution in [2.24, 2.45) is 0 Å². The van der Waals surface area contributed by atoms with Crippen molar-refractivity contribution in [2.75, 3.05) is 6.61 Å². The molecule has 1 heterocycles. The molecule has 0 saturated heterocycles. The molecular formula is C20H12ClF3O5. The molecule has 0 unspecified atom stereocenters. The summed E-state index contributed by atoms with van der Waals surface area (Å²) in [6.45, 7) is 3.25. The number of carbonyl (C=O) groups is 1. The van der Waals surface area contributed by atoms with Gasteiger partial charge in [0.05, 0.1) is 10.9 Å². The van der Waals surface area contributed by atoms with Crippen LogP contribution in [0.25, 0.3) is 22.1 Å². The number of fused-ring (bicyclic) bond motifs is 1. The number of rotatable bonds is 4. The second-order valence-corrected chi connectivity index (χ2v) is 6.13. The van der Waals surface area contributed by atoms with E-state index in [0.29, 0.717) is 0 Å². The first-order chi connectivity index (χ1) is 13.7. The van der Waals surface area contributed by atoms with Gasteiger partial charge in [-0.1, -0.05) is 42.5 Å². The van der Waals surface area contributed by atoms with Crippen LogP contribution in [-0.4, -0.2) is 12.8 Å². The van der Waals surface area contributed by atoms with Crippen molar-refractivity contribution in [2.45, 2.75) is 6.18 Å². The Morgan fingerprint density at radius 1 is 1.21 bits per heavy atom. The van der Waals surface area contributed by atoms with E-state index in [1.165, 1.54) is 42.5 Å². The van der Waals surface area contributed by atoms with E-state index < -0.39 is 34.7 Å². The van der Waals surface area contributed by atoms with Gasteiger partial charge in [-0.25, -0.2) is 4.79 Å². The lowest BCUT2D eigenvalue weighted by atomic mass is 10.0. The van der Waals surface area contributed by atoms with Crippen LogP contribution in [0.2, 0.25) is 5.02 Å². The average molecular weight is 425 g/mol. The van der Waals surface area contributed by atoms with E-state index in [2.05, 4.69) is 11.3 Å². The van der Waals surface area contributed by atoms with Gasteiger partial charge in [-0.2, -0.15) is 13.2 Å². The smallest absolute Gasteiger partial charge is 0.450 e. The topological polar surface area (TPSA) is 65.7 Å². The number of hydrogen-bond acceptors (Lipinski definition) is 5. The highest BCUT2D eigenvalue weighted by atomic mass is 35.5. The minimum Gasteiger partial charge on any atom is -0.450 e. The minimum absolute atomic E-state index is 0.0328. The van der Waals surface area contributed by atoms with Gasteiger partial charge >= 0.3 is 12.3 Å². The standard InChI is InChI=1S/C20H12ClF3O5/c1-2-9-27-19(26)28-11-7-8-13-15(10-11)29-18(20(22,23)24)16(17(13)25)12-5-3-4-6-14(12)21/h2-8,10H,1,9H2. The number of halogens is 4. The molecule has 0 N–H and O–H groups in total. The van der Waals surface area contributed by atoms with Crippen LogP contribution in [0, 0.1) is 0 Å². The summed E-state index contributed by atoms with van der Waals surface area (Å²) in [5.74, 6) is -1.66. The van der Waals surface area contributed by atoms with Crippen LogP contribution in [0.1, 0.15) is 5.76 Å². The SMILES string of the molecule is C=CCOC(=O)Oc1ccc2c(=O)c(-c3ccccc3Cl)c(C(F)(F)F)oc2c1. The molecule has 0 aliphatic rings. The van der Waals surface area contributed by atoms with Gasteiger partial charge in [0, 0.05) is 16.7 Å². The van der Waals surface area contributed by atoms with Gasteiger partial charge in [-0.15, -0.1) is 0 Å². The Balaban J connectivity index is 2.19. The molecule has 1 aromatic heterocycles. The van der Waals surface area contributed by atoms with Crippen LogP contribution < -0.4 is 10.2 Å². The highest BCUT2D eigenvalue weighted by molar-refractivity contribution is 6.33. The molecule has 29 heavy (non-hydrogen) atoms. The molecule has 0 atom stereocenters. The van der Waals surface area contributed by atoms with Crippen molar-refractivity contribution in [3.63, 3.8) is 0 Å². The fraction of sp³-hybridized carbons (Fsp3) is 0.100. The summed E-state index contributed by atoms with van der Waals surface area (Å²) in [5, 5.41) is -0.172. The van der Waals surface area contributed by atoms with Gasteiger partial charge in [0.2, 0.25) is 11.2 Å². The molecule has 0 aliphatic heterocycles. The number of benzene rings is 2. The van der Waals surface area contributed by atoms with E-state index >= 15 is 0 Å². The first kappa shape index (κ1) is 20.5. The maximum absolute atomic E-state index is 13.6. The molecule has 0 amide bonds. The summed E-state index contributed by atoms with van der Waals surface area (Å²) < 4.78 is 55.4. The van der Waals surface area contributed by atoms with Crippen molar-refractivity contribution in [3.05, 3.63) is 76.1 Å². The Morgan fingerprint density at radius 3 is 2.59 bits per heavy atom. The summed E-state index contributed by atoms with van der Waals surface area (Å²) in [6.07, 6.45) is -4.75. The normalized spacial score (nSPS) is 11.3. The maximum Gasteiger partial charge on any atom is 0.514 e. The third kappa shape index (κ3) is 4.27. The highest BCUT2D eigenvalue weighted by Gasteiger charge is 2.39. The number of ether oxygens (including phenoxy) is 2. The lowest BCUT2D eigenvalue weighted by molar-refractivity contribution is -0.152. The van der Waals surface area contributed by atoms with Gasteiger partial charge in [0.15, 0.2) is 0 Å². The number of alkyl halides is 3. The van der Waals surface area contributed by atoms with Crippen LogP contribution in [0.4, 0.5) is 18.0 Å². The Bertz CT molecular complexity index is 1150. The monoisotopic (exact) mass is 424 g/mol. The first-order valence-electron chi connectivity index (χ1n) is 8.11. The number of carbonyl (C=O) groups excluding carboxylic acids is 1. The molecule has 0 spiro atoms. The van der Waals surface area contributed by atoms with Crippen molar-refractivity contribution < 1.29 is 31.9 Å². The molecule has 0 aliphatic carbocycles. The van der Waals surface area contributed by atoms with E-state index in [1.54, 1.807) is 0 Å². The lowest BCUT2D eigenvalue weighted by Crippen LogP contribution is -2.16. The average Bonchev–Trinajstić information content (AvgIpc) is 2.66. The van der Waals surface area contributed by atoms with Gasteiger partial charge in [-0.3, -0.25) is 4.79 Å². The lowest BCUT2D eigenvalue weighted by Gasteiger charge is -2.14. The molecule has 0 radical (unpaired) electrons. The van der Waals surface area contributed by atoms with Crippen molar-refractivity contribution in [1.82, 2.24) is 0 Å². The molecule has 150 valence electrons. The summed E-state index contributed by atoms with van der Waals surface area (Å²) >= 11 is 6.00. The van der Waals surface area contributed by atoms with Gasteiger partial charge in [0.1, 0.15) is 17.9 Å². The predicted molar refractivity (Wildman–Crippen MR) is 100 cm³/mol. The fourth-order valence-electron chi connectivity index (χ4n) is 2.60. The molecule has 2 aromatic carbocycles. The first-order valence-corrected chi connectivity index (χ1v) is 8.48. The zero-order valence-corrected chi connectivity index (χ0v) is 15.3.